The number of carbonyl (C=O) groups excluding carboxylic acids is 1. The topological polar surface area (TPSA) is 149 Å². The number of unbranched alkanes of at least 4 members (excludes halogenated alkanes) is 39. The molecule has 9 nitrogen and oxygen atoms in total. The number of nitrogens with one attached hydrogen (secondary N) is 1. The predicted molar refractivity (Wildman–Crippen MR) is 355 cm³/mol. The fourth-order valence-electron chi connectivity index (χ4n) is 11.0. The van der Waals surface area contributed by atoms with E-state index < -0.39 is 49.5 Å². The van der Waals surface area contributed by atoms with E-state index in [1.807, 2.05) is 6.08 Å². The Bertz CT molecular complexity index is 1590. The third kappa shape index (κ3) is 51.2. The average Bonchev–Trinajstić information content (AvgIpc) is 3.61. The van der Waals surface area contributed by atoms with Crippen LogP contribution in [0.3, 0.4) is 0 Å². The number of allylic oxidation sites excluding steroid dienone is 13. The third-order valence-electron chi connectivity index (χ3n) is 16.5. The van der Waals surface area contributed by atoms with Gasteiger partial charge in [0.05, 0.1) is 25.4 Å². The van der Waals surface area contributed by atoms with Crippen molar-refractivity contribution in [3.05, 3.63) is 85.1 Å². The highest BCUT2D eigenvalue weighted by Gasteiger charge is 2.44. The molecule has 1 amide bonds. The number of amides is 1. The largest absolute Gasteiger partial charge is 0.394 e. The molecule has 0 spiro atoms. The molecule has 1 aliphatic heterocycles. The van der Waals surface area contributed by atoms with Gasteiger partial charge in [-0.05, 0) is 70.6 Å². The summed E-state index contributed by atoms with van der Waals surface area (Å²) >= 11 is 0. The van der Waals surface area contributed by atoms with Crippen molar-refractivity contribution in [3.8, 4) is 0 Å². The molecule has 1 saturated heterocycles. The Morgan fingerprint density at radius 3 is 1.11 bits per heavy atom. The molecule has 7 unspecified atom stereocenters. The SMILES string of the molecule is CC/C=C\C/C=C\C/C=C\C/C=C\C/C=C\C/C=C\CCCCCCCCCCCCCCCCCCCCCCCCC(=O)NC(COC1OC(CO)C(O)C(O)C1O)C(O)/C=C/CCCCCCCCCCCCCCCCCCC. The lowest BCUT2D eigenvalue weighted by Crippen LogP contribution is -2.60. The van der Waals surface area contributed by atoms with Crippen LogP contribution in [0.2, 0.25) is 0 Å². The molecule has 482 valence electrons. The smallest absolute Gasteiger partial charge is 0.220 e. The quantitative estimate of drug-likeness (QED) is 0.0261. The molecule has 0 saturated carbocycles. The van der Waals surface area contributed by atoms with E-state index in [4.69, 9.17) is 9.47 Å². The zero-order valence-electron chi connectivity index (χ0n) is 53.9. The highest BCUT2D eigenvalue weighted by molar-refractivity contribution is 5.76. The molecule has 0 aliphatic carbocycles. The molecule has 1 aliphatic rings. The van der Waals surface area contributed by atoms with Gasteiger partial charge in [-0.3, -0.25) is 4.79 Å². The molecule has 1 rings (SSSR count). The second kappa shape index (κ2) is 62.4. The van der Waals surface area contributed by atoms with Crippen LogP contribution in [0.4, 0.5) is 0 Å². The number of carbonyl (C=O) groups is 1. The summed E-state index contributed by atoms with van der Waals surface area (Å²) in [5.41, 5.74) is 0. The molecular weight excluding hydrogens is 1030 g/mol. The van der Waals surface area contributed by atoms with Gasteiger partial charge in [0.2, 0.25) is 5.91 Å². The zero-order valence-corrected chi connectivity index (χ0v) is 53.9. The van der Waals surface area contributed by atoms with Gasteiger partial charge in [-0.2, -0.15) is 0 Å². The van der Waals surface area contributed by atoms with E-state index in [2.05, 4.69) is 92.1 Å². The van der Waals surface area contributed by atoms with Crippen LogP contribution < -0.4 is 5.32 Å². The van der Waals surface area contributed by atoms with Gasteiger partial charge in [-0.15, -0.1) is 0 Å². The molecule has 0 aromatic carbocycles. The molecule has 0 aromatic rings. The zero-order chi connectivity index (χ0) is 60.0. The minimum absolute atomic E-state index is 0.172. The predicted octanol–water partition coefficient (Wildman–Crippen LogP) is 19.3. The molecule has 0 radical (unpaired) electrons. The lowest BCUT2D eigenvalue weighted by atomic mass is 9.99. The Balaban J connectivity index is 2.06. The number of rotatable bonds is 61. The van der Waals surface area contributed by atoms with Crippen LogP contribution in [-0.4, -0.2) is 87.5 Å². The fourth-order valence-corrected chi connectivity index (χ4v) is 11.0. The molecule has 0 aromatic heterocycles. The summed E-state index contributed by atoms with van der Waals surface area (Å²) < 4.78 is 11.3. The van der Waals surface area contributed by atoms with E-state index in [1.54, 1.807) is 6.08 Å². The lowest BCUT2D eigenvalue weighted by Gasteiger charge is -2.40. The molecule has 1 fully saturated rings. The first-order chi connectivity index (χ1) is 40.8. The summed E-state index contributed by atoms with van der Waals surface area (Å²) in [7, 11) is 0. The first kappa shape index (κ1) is 78.4. The van der Waals surface area contributed by atoms with Gasteiger partial charge in [-0.25, -0.2) is 0 Å². The van der Waals surface area contributed by atoms with Crippen molar-refractivity contribution < 1.29 is 39.8 Å². The van der Waals surface area contributed by atoms with Gasteiger partial charge < -0.3 is 40.3 Å². The van der Waals surface area contributed by atoms with Crippen molar-refractivity contribution in [2.75, 3.05) is 13.2 Å². The van der Waals surface area contributed by atoms with Crippen molar-refractivity contribution in [1.82, 2.24) is 5.32 Å². The summed E-state index contributed by atoms with van der Waals surface area (Å²) in [6.07, 6.45) is 82.6. The maximum absolute atomic E-state index is 13.1. The van der Waals surface area contributed by atoms with Crippen LogP contribution in [0.25, 0.3) is 0 Å². The van der Waals surface area contributed by atoms with Crippen molar-refractivity contribution in [2.45, 2.75) is 365 Å². The average molecular weight is 1160 g/mol. The lowest BCUT2D eigenvalue weighted by molar-refractivity contribution is -0.302. The van der Waals surface area contributed by atoms with Crippen molar-refractivity contribution in [3.63, 3.8) is 0 Å². The normalized spacial score (nSPS) is 18.8. The molecule has 83 heavy (non-hydrogen) atoms. The standard InChI is InChI=1S/C74H133NO8/c1-3-5-7-9-11-13-15-17-19-21-23-24-25-26-27-28-29-30-31-32-33-34-35-36-37-38-39-40-41-42-43-44-46-48-50-52-54-56-58-60-62-64-70(78)75-67(66-82-74-73(81)72(80)71(79)69(65-76)83-74)68(77)63-61-59-57-55-53-51-49-47-45-22-20-18-16-14-12-10-8-6-4-2/h5,7,11,13,17,19,23-24,26-27,29-30,61,63,67-69,71-74,76-77,79-81H,3-4,6,8-10,12,14-16,18,20-22,25,28,31-60,62,64-66H2,1-2H3,(H,75,78)/b7-5-,13-11-,19-17-,24-23-,27-26-,30-29-,63-61+. The maximum Gasteiger partial charge on any atom is 0.220 e. The first-order valence-electron chi connectivity index (χ1n) is 35.3. The van der Waals surface area contributed by atoms with Crippen LogP contribution in [0.5, 0.6) is 0 Å². The number of aliphatic hydroxyl groups excluding tert-OH is 5. The van der Waals surface area contributed by atoms with Gasteiger partial charge >= 0.3 is 0 Å². The minimum atomic E-state index is -1.57. The first-order valence-corrected chi connectivity index (χ1v) is 35.3. The van der Waals surface area contributed by atoms with E-state index in [9.17, 15) is 30.3 Å². The van der Waals surface area contributed by atoms with Crippen LogP contribution in [0.1, 0.15) is 322 Å². The maximum atomic E-state index is 13.1. The van der Waals surface area contributed by atoms with E-state index in [-0.39, 0.29) is 12.5 Å². The molecule has 9 heteroatoms. The number of ether oxygens (including phenoxy) is 2. The van der Waals surface area contributed by atoms with Gasteiger partial charge in [0, 0.05) is 6.42 Å². The number of hydrogen-bond acceptors (Lipinski definition) is 8. The second-order valence-electron chi connectivity index (χ2n) is 24.3. The Hall–Kier alpha value is -2.63. The van der Waals surface area contributed by atoms with E-state index in [0.29, 0.717) is 6.42 Å². The minimum Gasteiger partial charge on any atom is -0.394 e. The van der Waals surface area contributed by atoms with Crippen molar-refractivity contribution in [2.24, 2.45) is 0 Å². The molecule has 6 N–H and O–H groups in total. The van der Waals surface area contributed by atoms with E-state index in [1.165, 1.54) is 225 Å². The van der Waals surface area contributed by atoms with Crippen LogP contribution in [0.15, 0.2) is 85.1 Å². The molecular formula is C74H133NO8. The van der Waals surface area contributed by atoms with E-state index in [0.717, 1.165) is 77.0 Å². The van der Waals surface area contributed by atoms with Crippen LogP contribution in [0, 0.1) is 0 Å². The Morgan fingerprint density at radius 1 is 0.422 bits per heavy atom. The summed E-state index contributed by atoms with van der Waals surface area (Å²) in [5, 5.41) is 54.7. The van der Waals surface area contributed by atoms with Gasteiger partial charge in [0.25, 0.3) is 0 Å². The Morgan fingerprint density at radius 2 is 0.747 bits per heavy atom. The number of hydrogen-bond donors (Lipinski definition) is 6. The third-order valence-corrected chi connectivity index (χ3v) is 16.5. The summed E-state index contributed by atoms with van der Waals surface area (Å²) in [4.78, 5) is 13.1. The summed E-state index contributed by atoms with van der Waals surface area (Å²) in [6.45, 7) is 3.70. The van der Waals surface area contributed by atoms with E-state index >= 15 is 0 Å². The molecule has 1 heterocycles. The van der Waals surface area contributed by atoms with Gasteiger partial charge in [-0.1, -0.05) is 330 Å². The fraction of sp³-hybridized carbons (Fsp3) is 0.797. The molecule has 0 bridgehead atoms. The highest BCUT2D eigenvalue weighted by atomic mass is 16.7. The Kier molecular flexibility index (Phi) is 59.0. The van der Waals surface area contributed by atoms with Crippen molar-refractivity contribution >= 4 is 5.91 Å². The van der Waals surface area contributed by atoms with Crippen LogP contribution in [-0.2, 0) is 14.3 Å². The monoisotopic (exact) mass is 1160 g/mol. The van der Waals surface area contributed by atoms with Crippen LogP contribution >= 0.6 is 0 Å². The van der Waals surface area contributed by atoms with Gasteiger partial charge in [0.15, 0.2) is 6.29 Å². The second-order valence-corrected chi connectivity index (χ2v) is 24.3. The molecule has 7 atom stereocenters. The van der Waals surface area contributed by atoms with Crippen molar-refractivity contribution in [1.29, 1.82) is 0 Å². The highest BCUT2D eigenvalue weighted by Crippen LogP contribution is 2.23. The Labute approximate surface area is 511 Å². The summed E-state index contributed by atoms with van der Waals surface area (Å²) in [5.74, 6) is -0.172. The summed E-state index contributed by atoms with van der Waals surface area (Å²) in [6, 6.07) is -0.807. The number of aliphatic hydroxyl groups is 5. The van der Waals surface area contributed by atoms with Gasteiger partial charge in [0.1, 0.15) is 24.4 Å².